The van der Waals surface area contributed by atoms with Crippen molar-refractivity contribution in [1.82, 2.24) is 15.5 Å². The Bertz CT molecular complexity index is 1270. The van der Waals surface area contributed by atoms with E-state index in [1.54, 1.807) is 36.4 Å². The highest BCUT2D eigenvalue weighted by Crippen LogP contribution is 2.32. The third-order valence-electron chi connectivity index (χ3n) is 5.88. The van der Waals surface area contributed by atoms with Gasteiger partial charge in [-0.1, -0.05) is 30.3 Å². The summed E-state index contributed by atoms with van der Waals surface area (Å²) in [6, 6.07) is 8.20. The topological polar surface area (TPSA) is 99.5 Å². The molecule has 1 atom stereocenters. The predicted octanol–water partition coefficient (Wildman–Crippen LogP) is 4.33. The van der Waals surface area contributed by atoms with Gasteiger partial charge in [-0.15, -0.1) is 0 Å². The largest absolute Gasteiger partial charge is 0.419 e. The monoisotopic (exact) mass is 545 g/mol. The average molecular weight is 546 g/mol. The maximum atomic E-state index is 14.0. The number of nitrogens with one attached hydrogen (secondary N) is 3. The molecule has 1 aliphatic carbocycles. The summed E-state index contributed by atoms with van der Waals surface area (Å²) in [5.74, 6) is -2.38. The zero-order valence-corrected chi connectivity index (χ0v) is 21.6. The Labute approximate surface area is 224 Å². The van der Waals surface area contributed by atoms with E-state index in [0.29, 0.717) is 54.2 Å². The van der Waals surface area contributed by atoms with Crippen LogP contribution in [0, 0.1) is 5.82 Å². The lowest BCUT2D eigenvalue weighted by atomic mass is 10.0. The van der Waals surface area contributed by atoms with Crippen molar-refractivity contribution < 1.29 is 27.2 Å². The van der Waals surface area contributed by atoms with Crippen molar-refractivity contribution in [1.29, 1.82) is 0 Å². The molecule has 0 spiro atoms. The van der Waals surface area contributed by atoms with E-state index in [9.17, 15) is 27.2 Å². The van der Waals surface area contributed by atoms with E-state index in [1.807, 2.05) is 25.1 Å². The van der Waals surface area contributed by atoms with Crippen molar-refractivity contribution in [2.75, 3.05) is 32.5 Å². The lowest BCUT2D eigenvalue weighted by Crippen LogP contribution is -2.36. The summed E-state index contributed by atoms with van der Waals surface area (Å²) < 4.78 is 52.6. The summed E-state index contributed by atoms with van der Waals surface area (Å²) >= 11 is 0. The number of carbonyl (C=O) groups is 2. The molecule has 7 nitrogen and oxygen atoms in total. The molecular formula is C28H31F4N5O2. The molecule has 2 aromatic rings. The van der Waals surface area contributed by atoms with Crippen molar-refractivity contribution in [3.63, 3.8) is 0 Å². The number of carbonyl (C=O) groups excluding carboxylic acids is 2. The Morgan fingerprint density at radius 2 is 1.82 bits per heavy atom. The van der Waals surface area contributed by atoms with Gasteiger partial charge in [-0.25, -0.2) is 4.39 Å². The van der Waals surface area contributed by atoms with Crippen LogP contribution in [0.3, 0.4) is 0 Å². The Hall–Kier alpha value is -3.96. The van der Waals surface area contributed by atoms with Gasteiger partial charge in [0.15, 0.2) is 0 Å². The van der Waals surface area contributed by atoms with Crippen molar-refractivity contribution in [3.8, 4) is 0 Å². The zero-order valence-electron chi connectivity index (χ0n) is 21.6. The van der Waals surface area contributed by atoms with E-state index in [4.69, 9.17) is 5.73 Å². The van der Waals surface area contributed by atoms with Gasteiger partial charge in [0.05, 0.1) is 11.3 Å². The standard InChI is InChI=1S/C28H31F4N5O2/c1-37(2)16-15-34-26(27(39)35-20-12-13-21(22(29)17-20)28(30,31)32)19-10-7-18(8-11-19)9-14-25(38)36-24-6-4-3-5-23(24)33/h4,6-14,17,26,34H,3,5,15-16,33H2,1-2H3,(H,35,39)(H,36,38)/b14-9+. The van der Waals surface area contributed by atoms with Crippen molar-refractivity contribution in [2.24, 2.45) is 5.73 Å². The van der Waals surface area contributed by atoms with E-state index >= 15 is 0 Å². The van der Waals surface area contributed by atoms with E-state index in [0.717, 1.165) is 12.5 Å². The van der Waals surface area contributed by atoms with Crippen LogP contribution in [-0.4, -0.2) is 43.9 Å². The molecule has 0 fully saturated rings. The number of allylic oxidation sites excluding steroid dienone is 3. The number of halogens is 4. The number of anilines is 1. The Balaban J connectivity index is 1.72. The van der Waals surface area contributed by atoms with Gasteiger partial charge in [0.25, 0.3) is 0 Å². The summed E-state index contributed by atoms with van der Waals surface area (Å²) in [7, 11) is 3.74. The molecule has 2 amide bonds. The molecule has 3 rings (SSSR count). The highest BCUT2D eigenvalue weighted by molar-refractivity contribution is 5.96. The number of hydrogen-bond acceptors (Lipinski definition) is 5. The van der Waals surface area contributed by atoms with Crippen molar-refractivity contribution in [2.45, 2.75) is 25.1 Å². The third kappa shape index (κ3) is 8.79. The van der Waals surface area contributed by atoms with Crippen LogP contribution < -0.4 is 21.7 Å². The van der Waals surface area contributed by atoms with E-state index in [2.05, 4.69) is 16.0 Å². The van der Waals surface area contributed by atoms with Crippen LogP contribution in [0.1, 0.15) is 35.6 Å². The first-order valence-electron chi connectivity index (χ1n) is 12.2. The molecule has 208 valence electrons. The summed E-state index contributed by atoms with van der Waals surface area (Å²) in [4.78, 5) is 27.3. The minimum atomic E-state index is -4.84. The van der Waals surface area contributed by atoms with E-state index in [1.165, 1.54) is 6.08 Å². The van der Waals surface area contributed by atoms with Crippen LogP contribution in [-0.2, 0) is 15.8 Å². The summed E-state index contributed by atoms with van der Waals surface area (Å²) in [6.07, 6.45) is 3.37. The third-order valence-corrected chi connectivity index (χ3v) is 5.88. The Morgan fingerprint density at radius 3 is 2.44 bits per heavy atom. The number of benzene rings is 2. The van der Waals surface area contributed by atoms with Crippen LogP contribution in [0.2, 0.25) is 0 Å². The Kier molecular flexibility index (Phi) is 10.0. The maximum Gasteiger partial charge on any atom is 0.419 e. The minimum Gasteiger partial charge on any atom is -0.400 e. The summed E-state index contributed by atoms with van der Waals surface area (Å²) in [6.45, 7) is 1.05. The van der Waals surface area contributed by atoms with Crippen molar-refractivity contribution in [3.05, 3.63) is 94.6 Å². The molecule has 5 N–H and O–H groups in total. The van der Waals surface area contributed by atoms with Crippen molar-refractivity contribution >= 4 is 23.6 Å². The molecule has 39 heavy (non-hydrogen) atoms. The quantitative estimate of drug-likeness (QED) is 0.263. The number of nitrogens with two attached hydrogens (primary N) is 1. The van der Waals surface area contributed by atoms with Crippen LogP contribution in [0.25, 0.3) is 6.08 Å². The van der Waals surface area contributed by atoms with Gasteiger partial charge in [0.1, 0.15) is 11.9 Å². The number of likely N-dealkylation sites (N-methyl/N-ethyl adjacent to an activating group) is 1. The van der Waals surface area contributed by atoms with Gasteiger partial charge >= 0.3 is 6.18 Å². The fourth-order valence-electron chi connectivity index (χ4n) is 3.78. The lowest BCUT2D eigenvalue weighted by molar-refractivity contribution is -0.140. The molecule has 0 saturated heterocycles. The number of alkyl halides is 3. The molecule has 0 saturated carbocycles. The maximum absolute atomic E-state index is 14.0. The minimum absolute atomic E-state index is 0.0981. The van der Waals surface area contributed by atoms with Gasteiger partial charge in [0, 0.05) is 30.5 Å². The number of nitrogens with zero attached hydrogens (tertiary/aromatic N) is 1. The number of amides is 2. The normalized spacial score (nSPS) is 14.6. The molecule has 0 heterocycles. The Morgan fingerprint density at radius 1 is 1.10 bits per heavy atom. The van der Waals surface area contributed by atoms with E-state index in [-0.39, 0.29) is 11.6 Å². The van der Waals surface area contributed by atoms with Crippen LogP contribution >= 0.6 is 0 Å². The number of rotatable bonds is 10. The van der Waals surface area contributed by atoms with Gasteiger partial charge in [-0.05, 0) is 68.4 Å². The second-order valence-corrected chi connectivity index (χ2v) is 9.24. The van der Waals surface area contributed by atoms with E-state index < -0.39 is 29.5 Å². The molecule has 2 aromatic carbocycles. The second-order valence-electron chi connectivity index (χ2n) is 9.24. The summed E-state index contributed by atoms with van der Waals surface area (Å²) in [5.41, 5.74) is 6.89. The molecule has 0 aromatic heterocycles. The highest BCUT2D eigenvalue weighted by atomic mass is 19.4. The molecular weight excluding hydrogens is 514 g/mol. The first-order chi connectivity index (χ1) is 18.4. The van der Waals surface area contributed by atoms with Crippen LogP contribution in [0.4, 0.5) is 23.2 Å². The van der Waals surface area contributed by atoms with Gasteiger partial charge in [-0.2, -0.15) is 13.2 Å². The van der Waals surface area contributed by atoms with Gasteiger partial charge < -0.3 is 26.6 Å². The molecule has 0 radical (unpaired) electrons. The number of hydrogen-bond donors (Lipinski definition) is 4. The highest BCUT2D eigenvalue weighted by Gasteiger charge is 2.34. The fraction of sp³-hybridized carbons (Fsp3) is 0.286. The lowest BCUT2D eigenvalue weighted by Gasteiger charge is -2.21. The molecule has 1 unspecified atom stereocenters. The van der Waals surface area contributed by atoms with Crippen LogP contribution in [0.5, 0.6) is 0 Å². The zero-order chi connectivity index (χ0) is 28.6. The molecule has 0 bridgehead atoms. The SMILES string of the molecule is CN(C)CCNC(C(=O)Nc1ccc(C(F)(F)F)c(F)c1)c1ccc(/C=C/C(=O)NC2=C(N)CCC=C2)cc1. The molecule has 1 aliphatic rings. The predicted molar refractivity (Wildman–Crippen MR) is 143 cm³/mol. The second kappa shape index (κ2) is 13.2. The van der Waals surface area contributed by atoms with Gasteiger partial charge in [0.2, 0.25) is 11.8 Å². The fourth-order valence-corrected chi connectivity index (χ4v) is 3.78. The first-order valence-corrected chi connectivity index (χ1v) is 12.2. The van der Waals surface area contributed by atoms with Gasteiger partial charge in [-0.3, -0.25) is 9.59 Å². The molecule has 11 heteroatoms. The first kappa shape index (κ1) is 29.6. The smallest absolute Gasteiger partial charge is 0.400 e. The summed E-state index contributed by atoms with van der Waals surface area (Å²) in [5, 5.41) is 8.35. The average Bonchev–Trinajstić information content (AvgIpc) is 2.86. The molecule has 0 aliphatic heterocycles. The van der Waals surface area contributed by atoms with Crippen LogP contribution in [0.15, 0.2) is 72.1 Å².